The highest BCUT2D eigenvalue weighted by Crippen LogP contribution is 2.24. The van der Waals surface area contributed by atoms with Gasteiger partial charge in [-0.05, 0) is 61.9 Å². The molecule has 210 valence electrons. The van der Waals surface area contributed by atoms with Crippen molar-refractivity contribution in [1.29, 1.82) is 5.26 Å². The minimum atomic E-state index is -5.08. The van der Waals surface area contributed by atoms with Gasteiger partial charge in [-0.3, -0.25) is 9.69 Å². The zero-order chi connectivity index (χ0) is 29.3. The Bertz CT molecular complexity index is 1370. The molecule has 0 spiro atoms. The highest BCUT2D eigenvalue weighted by Gasteiger charge is 2.38. The van der Waals surface area contributed by atoms with Gasteiger partial charge in [-0.2, -0.15) is 18.4 Å². The number of piperidine rings is 1. The van der Waals surface area contributed by atoms with Crippen LogP contribution < -0.4 is 10.2 Å². The number of pyridine rings is 1. The molecule has 8 nitrogen and oxygen atoms in total. The van der Waals surface area contributed by atoms with Gasteiger partial charge in [-0.1, -0.05) is 18.2 Å². The number of aliphatic carboxylic acids is 1. The second kappa shape index (κ2) is 13.5. The van der Waals surface area contributed by atoms with Gasteiger partial charge in [-0.25, -0.2) is 14.2 Å². The summed E-state index contributed by atoms with van der Waals surface area (Å²) in [6.07, 6.45) is -1.41. The lowest BCUT2D eigenvalue weighted by molar-refractivity contribution is -0.192. The molecule has 2 heterocycles. The second-order valence-corrected chi connectivity index (χ2v) is 9.12. The number of nitrogens with one attached hydrogen (secondary N) is 1. The third-order valence-electron chi connectivity index (χ3n) is 6.23. The third kappa shape index (κ3) is 8.78. The summed E-state index contributed by atoms with van der Waals surface area (Å²) in [4.78, 5) is 30.4. The molecule has 4 rings (SSSR count). The molecule has 40 heavy (non-hydrogen) atoms. The summed E-state index contributed by atoms with van der Waals surface area (Å²) in [5.41, 5.74) is 2.73. The van der Waals surface area contributed by atoms with Crippen LogP contribution in [-0.4, -0.2) is 59.2 Å². The maximum absolute atomic E-state index is 13.4. The predicted molar refractivity (Wildman–Crippen MR) is 140 cm³/mol. The number of carbonyl (C=O) groups is 2. The molecule has 0 radical (unpaired) electrons. The Kier molecular flexibility index (Phi) is 10.2. The molecular formula is C28H27F4N5O3. The van der Waals surface area contributed by atoms with Crippen molar-refractivity contribution in [1.82, 2.24) is 9.88 Å². The SMILES string of the molecule is CN(Cc1cccc(C#N)c1)C1CCN(c2cc(NC(=O)c3cccc(F)c3)ccn2)CC1.O=C(O)C(F)(F)F. The Balaban J connectivity index is 0.000000559. The summed E-state index contributed by atoms with van der Waals surface area (Å²) in [7, 11) is 2.13. The smallest absolute Gasteiger partial charge is 0.475 e. The molecule has 1 aromatic heterocycles. The Morgan fingerprint density at radius 3 is 2.42 bits per heavy atom. The zero-order valence-electron chi connectivity index (χ0n) is 21.5. The standard InChI is InChI=1S/C26H26FN5O.C2HF3O2/c1-31(18-20-5-2-4-19(14-20)17-28)24-9-12-32(13-10-24)25-16-23(8-11-29-25)30-26(33)21-6-3-7-22(27)15-21;3-2(4,5)1(6)7/h2-8,11,14-16,24H,9-10,12-13,18H2,1H3,(H,29,30,33);(H,6,7). The van der Waals surface area contributed by atoms with Crippen LogP contribution in [0.25, 0.3) is 0 Å². The fraction of sp³-hybridized carbons (Fsp3) is 0.286. The van der Waals surface area contributed by atoms with Crippen LogP contribution in [0, 0.1) is 17.1 Å². The summed E-state index contributed by atoms with van der Waals surface area (Å²) in [5.74, 6) is -2.74. The van der Waals surface area contributed by atoms with Gasteiger partial charge in [0.2, 0.25) is 0 Å². The van der Waals surface area contributed by atoms with Crippen LogP contribution in [-0.2, 0) is 11.3 Å². The number of nitriles is 1. The van der Waals surface area contributed by atoms with Crippen molar-refractivity contribution in [2.24, 2.45) is 0 Å². The largest absolute Gasteiger partial charge is 0.490 e. The fourth-order valence-electron chi connectivity index (χ4n) is 4.19. The van der Waals surface area contributed by atoms with Gasteiger partial charge in [-0.15, -0.1) is 0 Å². The van der Waals surface area contributed by atoms with E-state index >= 15 is 0 Å². The van der Waals surface area contributed by atoms with E-state index in [9.17, 15) is 22.4 Å². The Hall–Kier alpha value is -4.50. The first kappa shape index (κ1) is 30.0. The number of carboxylic acid groups (broad SMARTS) is 1. The van der Waals surface area contributed by atoms with Crippen LogP contribution in [0.15, 0.2) is 66.9 Å². The van der Waals surface area contributed by atoms with Crippen molar-refractivity contribution in [3.05, 3.63) is 89.4 Å². The third-order valence-corrected chi connectivity index (χ3v) is 6.23. The van der Waals surface area contributed by atoms with Crippen molar-refractivity contribution in [3.8, 4) is 6.07 Å². The van der Waals surface area contributed by atoms with E-state index in [1.165, 1.54) is 18.2 Å². The lowest BCUT2D eigenvalue weighted by Crippen LogP contribution is -2.43. The number of hydrogen-bond acceptors (Lipinski definition) is 6. The molecule has 0 unspecified atom stereocenters. The van der Waals surface area contributed by atoms with Crippen molar-refractivity contribution in [2.45, 2.75) is 31.6 Å². The number of benzene rings is 2. The second-order valence-electron chi connectivity index (χ2n) is 9.12. The number of anilines is 2. The van der Waals surface area contributed by atoms with Gasteiger partial charge in [0.15, 0.2) is 0 Å². The molecule has 1 aliphatic heterocycles. The molecule has 1 fully saturated rings. The van der Waals surface area contributed by atoms with E-state index in [1.54, 1.807) is 18.3 Å². The molecule has 1 saturated heterocycles. The fourth-order valence-corrected chi connectivity index (χ4v) is 4.19. The van der Waals surface area contributed by atoms with Gasteiger partial charge >= 0.3 is 12.1 Å². The lowest BCUT2D eigenvalue weighted by Gasteiger charge is -2.37. The van der Waals surface area contributed by atoms with Gasteiger partial charge in [0.05, 0.1) is 11.6 Å². The van der Waals surface area contributed by atoms with Crippen LogP contribution in [0.3, 0.4) is 0 Å². The molecule has 2 N–H and O–H groups in total. The monoisotopic (exact) mass is 557 g/mol. The van der Waals surface area contributed by atoms with Gasteiger partial charge < -0.3 is 15.3 Å². The maximum Gasteiger partial charge on any atom is 0.490 e. The van der Waals surface area contributed by atoms with E-state index in [-0.39, 0.29) is 11.5 Å². The van der Waals surface area contributed by atoms with Crippen LogP contribution in [0.2, 0.25) is 0 Å². The molecule has 0 aliphatic carbocycles. The number of amides is 1. The molecule has 3 aromatic rings. The van der Waals surface area contributed by atoms with Gasteiger partial charge in [0.25, 0.3) is 5.91 Å². The molecule has 1 amide bonds. The van der Waals surface area contributed by atoms with Crippen molar-refractivity contribution in [3.63, 3.8) is 0 Å². The lowest BCUT2D eigenvalue weighted by atomic mass is 10.0. The van der Waals surface area contributed by atoms with E-state index in [0.717, 1.165) is 43.9 Å². The Morgan fingerprint density at radius 2 is 1.80 bits per heavy atom. The minimum Gasteiger partial charge on any atom is -0.475 e. The summed E-state index contributed by atoms with van der Waals surface area (Å²) in [5, 5.41) is 19.1. The van der Waals surface area contributed by atoms with Crippen LogP contribution in [0.4, 0.5) is 29.1 Å². The number of hydrogen-bond donors (Lipinski definition) is 2. The van der Waals surface area contributed by atoms with Crippen LogP contribution in [0.1, 0.15) is 34.3 Å². The molecule has 0 bridgehead atoms. The zero-order valence-corrected chi connectivity index (χ0v) is 21.5. The summed E-state index contributed by atoms with van der Waals surface area (Å²) >= 11 is 0. The molecule has 0 saturated carbocycles. The van der Waals surface area contributed by atoms with Crippen molar-refractivity contribution in [2.75, 3.05) is 30.4 Å². The molecule has 12 heteroatoms. The molecule has 0 atom stereocenters. The normalized spacial score (nSPS) is 13.7. The number of carbonyl (C=O) groups excluding carboxylic acids is 1. The molecule has 2 aromatic carbocycles. The van der Waals surface area contributed by atoms with E-state index in [0.29, 0.717) is 17.3 Å². The van der Waals surface area contributed by atoms with Gasteiger partial charge in [0.1, 0.15) is 11.6 Å². The summed E-state index contributed by atoms with van der Waals surface area (Å²) < 4.78 is 45.1. The average Bonchev–Trinajstić information content (AvgIpc) is 2.93. The quantitative estimate of drug-likeness (QED) is 0.407. The highest BCUT2D eigenvalue weighted by molar-refractivity contribution is 6.04. The van der Waals surface area contributed by atoms with Gasteiger partial charge in [0, 0.05) is 49.2 Å². The van der Waals surface area contributed by atoms with E-state index in [4.69, 9.17) is 15.2 Å². The summed E-state index contributed by atoms with van der Waals surface area (Å²) in [6.45, 7) is 2.53. The predicted octanol–water partition coefficient (Wildman–Crippen LogP) is 5.08. The van der Waals surface area contributed by atoms with E-state index in [2.05, 4.69) is 39.3 Å². The number of halogens is 4. The molecular weight excluding hydrogens is 530 g/mol. The van der Waals surface area contributed by atoms with E-state index in [1.807, 2.05) is 24.3 Å². The Labute approximate surface area is 228 Å². The minimum absolute atomic E-state index is 0.275. The van der Waals surface area contributed by atoms with E-state index < -0.39 is 18.0 Å². The van der Waals surface area contributed by atoms with Crippen LogP contribution in [0.5, 0.6) is 0 Å². The van der Waals surface area contributed by atoms with Crippen LogP contribution >= 0.6 is 0 Å². The first-order valence-electron chi connectivity index (χ1n) is 12.2. The number of alkyl halides is 3. The number of carboxylic acids is 1. The van der Waals surface area contributed by atoms with Crippen molar-refractivity contribution < 1.29 is 32.3 Å². The number of aromatic nitrogens is 1. The topological polar surface area (TPSA) is 110 Å². The number of nitrogens with zero attached hydrogens (tertiary/aromatic N) is 4. The first-order chi connectivity index (χ1) is 19.0. The Morgan fingerprint density at radius 1 is 1.12 bits per heavy atom. The summed E-state index contributed by atoms with van der Waals surface area (Å²) in [6, 6.07) is 19.6. The highest BCUT2D eigenvalue weighted by atomic mass is 19.4. The molecule has 1 aliphatic rings. The maximum atomic E-state index is 13.4. The first-order valence-corrected chi connectivity index (χ1v) is 12.2. The average molecular weight is 558 g/mol. The van der Waals surface area contributed by atoms with Crippen molar-refractivity contribution >= 4 is 23.4 Å². The number of rotatable bonds is 6.